The van der Waals surface area contributed by atoms with Gasteiger partial charge >= 0.3 is 0 Å². The van der Waals surface area contributed by atoms with Crippen LogP contribution in [0.25, 0.3) is 0 Å². The molecule has 2 aromatic carbocycles. The van der Waals surface area contributed by atoms with Gasteiger partial charge in [0.05, 0.1) is 0 Å². The van der Waals surface area contributed by atoms with E-state index in [9.17, 15) is 9.50 Å². The summed E-state index contributed by atoms with van der Waals surface area (Å²) in [7, 11) is 1.78. The first-order valence-corrected chi connectivity index (χ1v) is 7.00. The Balaban J connectivity index is 1.98. The predicted octanol–water partition coefficient (Wildman–Crippen LogP) is 2.45. The summed E-state index contributed by atoms with van der Waals surface area (Å²) in [5.41, 5.74) is 0.871. The first-order valence-electron chi connectivity index (χ1n) is 7.00. The number of halogens is 1. The smallest absolute Gasteiger partial charge is 0.165 e. The Labute approximate surface area is 123 Å². The quantitative estimate of drug-likeness (QED) is 0.907. The highest BCUT2D eigenvalue weighted by Gasteiger charge is 2.46. The third-order valence-corrected chi connectivity index (χ3v) is 3.89. The second-order valence-electron chi connectivity index (χ2n) is 5.44. The van der Waals surface area contributed by atoms with Gasteiger partial charge in [0, 0.05) is 13.0 Å². The molecule has 0 saturated heterocycles. The average molecular weight is 287 g/mol. The lowest BCUT2D eigenvalue weighted by Gasteiger charge is -2.30. The number of ether oxygens (including phenoxy) is 1. The molecule has 0 heterocycles. The molecular weight excluding hydrogens is 269 g/mol. The summed E-state index contributed by atoms with van der Waals surface area (Å²) in [6.45, 7) is 0.376. The Bertz CT molecular complexity index is 646. The molecule has 2 atom stereocenters. The lowest BCUT2D eigenvalue weighted by molar-refractivity contribution is -0.0496. The van der Waals surface area contributed by atoms with Crippen molar-refractivity contribution in [2.45, 2.75) is 18.1 Å². The van der Waals surface area contributed by atoms with Crippen molar-refractivity contribution in [2.24, 2.45) is 0 Å². The van der Waals surface area contributed by atoms with E-state index in [0.717, 1.165) is 11.1 Å². The van der Waals surface area contributed by atoms with Crippen LogP contribution in [0.3, 0.4) is 0 Å². The van der Waals surface area contributed by atoms with E-state index < -0.39 is 17.5 Å². The van der Waals surface area contributed by atoms with Crippen LogP contribution in [0.5, 0.6) is 5.75 Å². The van der Waals surface area contributed by atoms with Gasteiger partial charge in [0.25, 0.3) is 0 Å². The molecule has 2 aromatic rings. The standard InChI is InChI=1S/C17H18FNO2/c1-19-11-17(20)10-12-6-2-3-7-13(12)16(17)21-15-9-5-4-8-14(15)18/h2-9,16,19-20H,10-11H2,1H3/t16-,17+/m0/s1. The third-order valence-electron chi connectivity index (χ3n) is 3.89. The highest BCUT2D eigenvalue weighted by atomic mass is 19.1. The maximum Gasteiger partial charge on any atom is 0.165 e. The average Bonchev–Trinajstić information content (AvgIpc) is 2.74. The Morgan fingerprint density at radius 3 is 2.71 bits per heavy atom. The van der Waals surface area contributed by atoms with Gasteiger partial charge in [-0.3, -0.25) is 0 Å². The molecule has 0 saturated carbocycles. The summed E-state index contributed by atoms with van der Waals surface area (Å²) in [4.78, 5) is 0. The summed E-state index contributed by atoms with van der Waals surface area (Å²) in [5, 5.41) is 13.9. The van der Waals surface area contributed by atoms with Crippen molar-refractivity contribution in [3.63, 3.8) is 0 Å². The molecule has 110 valence electrons. The highest BCUT2D eigenvalue weighted by molar-refractivity contribution is 5.40. The van der Waals surface area contributed by atoms with Gasteiger partial charge in [0.15, 0.2) is 17.7 Å². The molecule has 0 unspecified atom stereocenters. The zero-order valence-electron chi connectivity index (χ0n) is 11.8. The minimum absolute atomic E-state index is 0.161. The first-order chi connectivity index (χ1) is 10.1. The van der Waals surface area contributed by atoms with Crippen LogP contribution in [0, 0.1) is 5.82 Å². The van der Waals surface area contributed by atoms with Gasteiger partial charge in [-0.1, -0.05) is 36.4 Å². The lowest BCUT2D eigenvalue weighted by Crippen LogP contribution is -2.45. The highest BCUT2D eigenvalue weighted by Crippen LogP contribution is 2.42. The van der Waals surface area contributed by atoms with E-state index in [2.05, 4.69) is 5.32 Å². The molecule has 1 aliphatic carbocycles. The molecule has 3 rings (SSSR count). The van der Waals surface area contributed by atoms with E-state index >= 15 is 0 Å². The van der Waals surface area contributed by atoms with Crippen LogP contribution >= 0.6 is 0 Å². The monoisotopic (exact) mass is 287 g/mol. The minimum Gasteiger partial charge on any atom is -0.480 e. The molecule has 0 radical (unpaired) electrons. The summed E-state index contributed by atoms with van der Waals surface area (Å²) in [5.74, 6) is -0.262. The number of aliphatic hydroxyl groups is 1. The molecule has 0 bridgehead atoms. The molecule has 0 amide bonds. The number of rotatable bonds is 4. The van der Waals surface area contributed by atoms with Crippen molar-refractivity contribution in [2.75, 3.05) is 13.6 Å². The maximum absolute atomic E-state index is 13.8. The topological polar surface area (TPSA) is 41.5 Å². The van der Waals surface area contributed by atoms with Crippen molar-refractivity contribution in [3.8, 4) is 5.75 Å². The molecule has 4 heteroatoms. The third kappa shape index (κ3) is 2.52. The van der Waals surface area contributed by atoms with Gasteiger partial charge in [-0.25, -0.2) is 4.39 Å². The number of hydrogen-bond acceptors (Lipinski definition) is 3. The van der Waals surface area contributed by atoms with Gasteiger partial charge in [-0.15, -0.1) is 0 Å². The van der Waals surface area contributed by atoms with Gasteiger partial charge < -0.3 is 15.2 Å². The Kier molecular flexibility index (Phi) is 3.66. The van der Waals surface area contributed by atoms with Crippen LogP contribution in [-0.4, -0.2) is 24.3 Å². The van der Waals surface area contributed by atoms with Crippen LogP contribution in [-0.2, 0) is 6.42 Å². The van der Waals surface area contributed by atoms with Crippen LogP contribution < -0.4 is 10.1 Å². The largest absolute Gasteiger partial charge is 0.480 e. The fourth-order valence-corrected chi connectivity index (χ4v) is 2.96. The van der Waals surface area contributed by atoms with E-state index in [4.69, 9.17) is 4.74 Å². The van der Waals surface area contributed by atoms with Crippen molar-refractivity contribution < 1.29 is 14.2 Å². The first kappa shape index (κ1) is 14.0. The SMILES string of the molecule is CNC[C@]1(O)Cc2ccccc2[C@@H]1Oc1ccccc1F. The van der Waals surface area contributed by atoms with E-state index in [1.165, 1.54) is 6.07 Å². The number of benzene rings is 2. The summed E-state index contributed by atoms with van der Waals surface area (Å²) < 4.78 is 19.7. The normalized spacial score (nSPS) is 23.9. The van der Waals surface area contributed by atoms with Crippen molar-refractivity contribution in [1.29, 1.82) is 0 Å². The van der Waals surface area contributed by atoms with Crippen LogP contribution in [0.4, 0.5) is 4.39 Å². The van der Waals surface area contributed by atoms with Crippen molar-refractivity contribution in [3.05, 3.63) is 65.5 Å². The zero-order chi connectivity index (χ0) is 14.9. The van der Waals surface area contributed by atoms with E-state index in [1.807, 2.05) is 24.3 Å². The Morgan fingerprint density at radius 1 is 1.24 bits per heavy atom. The van der Waals surface area contributed by atoms with Crippen molar-refractivity contribution >= 4 is 0 Å². The molecule has 0 spiro atoms. The molecular formula is C17H18FNO2. The van der Waals surface area contributed by atoms with Gasteiger partial charge in [-0.05, 0) is 30.3 Å². The summed E-state index contributed by atoms with van der Waals surface area (Å²) in [6.07, 6.45) is -0.0959. The number of para-hydroxylation sites is 1. The molecule has 0 aliphatic heterocycles. The number of likely N-dealkylation sites (N-methyl/N-ethyl adjacent to an activating group) is 1. The molecule has 0 fully saturated rings. The fourth-order valence-electron chi connectivity index (χ4n) is 2.96. The maximum atomic E-state index is 13.8. The van der Waals surface area contributed by atoms with E-state index in [1.54, 1.807) is 25.2 Å². The second-order valence-corrected chi connectivity index (χ2v) is 5.44. The zero-order valence-corrected chi connectivity index (χ0v) is 11.8. The summed E-state index contributed by atoms with van der Waals surface area (Å²) in [6, 6.07) is 14.0. The van der Waals surface area contributed by atoms with Gasteiger partial charge in [0.2, 0.25) is 0 Å². The molecule has 21 heavy (non-hydrogen) atoms. The van der Waals surface area contributed by atoms with Gasteiger partial charge in [0.1, 0.15) is 5.60 Å². The van der Waals surface area contributed by atoms with Gasteiger partial charge in [-0.2, -0.15) is 0 Å². The molecule has 3 nitrogen and oxygen atoms in total. The Hall–Kier alpha value is -1.91. The summed E-state index contributed by atoms with van der Waals surface area (Å²) >= 11 is 0. The number of hydrogen-bond donors (Lipinski definition) is 2. The van der Waals surface area contributed by atoms with Crippen molar-refractivity contribution in [1.82, 2.24) is 5.32 Å². The van der Waals surface area contributed by atoms with E-state index in [0.29, 0.717) is 13.0 Å². The number of nitrogens with one attached hydrogen (secondary N) is 1. The molecule has 2 N–H and O–H groups in total. The Morgan fingerprint density at radius 2 is 1.95 bits per heavy atom. The minimum atomic E-state index is -1.08. The van der Waals surface area contributed by atoms with Crippen LogP contribution in [0.2, 0.25) is 0 Å². The molecule has 0 aromatic heterocycles. The second kappa shape index (κ2) is 5.47. The molecule has 1 aliphatic rings. The fraction of sp³-hybridized carbons (Fsp3) is 0.294. The lowest BCUT2D eigenvalue weighted by atomic mass is 9.97. The van der Waals surface area contributed by atoms with Crippen LogP contribution in [0.1, 0.15) is 17.2 Å². The van der Waals surface area contributed by atoms with Crippen LogP contribution in [0.15, 0.2) is 48.5 Å². The predicted molar refractivity (Wildman–Crippen MR) is 78.8 cm³/mol. The number of fused-ring (bicyclic) bond motifs is 1. The van der Waals surface area contributed by atoms with E-state index in [-0.39, 0.29) is 5.75 Å².